The Bertz CT molecular complexity index is 494. The number of carbonyl (C=O) groups is 1. The van der Waals surface area contributed by atoms with E-state index in [2.05, 4.69) is 28.2 Å². The number of anilines is 2. The Kier molecular flexibility index (Phi) is 4.26. The highest BCUT2D eigenvalue weighted by Crippen LogP contribution is 2.27. The van der Waals surface area contributed by atoms with E-state index >= 15 is 0 Å². The quantitative estimate of drug-likeness (QED) is 0.899. The van der Waals surface area contributed by atoms with Crippen molar-refractivity contribution < 1.29 is 9.63 Å². The lowest BCUT2D eigenvalue weighted by atomic mass is 10.2. The lowest BCUT2D eigenvalue weighted by molar-refractivity contribution is -0.0614. The fourth-order valence-corrected chi connectivity index (χ4v) is 2.69. The van der Waals surface area contributed by atoms with Gasteiger partial charge in [0.05, 0.1) is 24.5 Å². The summed E-state index contributed by atoms with van der Waals surface area (Å²) in [5, 5.41) is 4.37. The molecule has 2 aliphatic rings. The van der Waals surface area contributed by atoms with Gasteiger partial charge in [-0.3, -0.25) is 4.84 Å². The van der Waals surface area contributed by atoms with Gasteiger partial charge in [0.2, 0.25) is 0 Å². The monoisotopic (exact) mass is 290 g/mol. The van der Waals surface area contributed by atoms with Crippen molar-refractivity contribution in [1.82, 2.24) is 9.96 Å². The van der Waals surface area contributed by atoms with Crippen LogP contribution in [0.3, 0.4) is 0 Å². The fraction of sp³-hybridized carbons (Fsp3) is 0.533. The first-order valence-corrected chi connectivity index (χ1v) is 7.48. The van der Waals surface area contributed by atoms with Crippen LogP contribution in [0.1, 0.15) is 6.42 Å². The molecular weight excluding hydrogens is 268 g/mol. The minimum Gasteiger partial charge on any atom is -0.367 e. The van der Waals surface area contributed by atoms with Crippen LogP contribution in [0.4, 0.5) is 16.2 Å². The van der Waals surface area contributed by atoms with Gasteiger partial charge in [0.1, 0.15) is 0 Å². The van der Waals surface area contributed by atoms with Crippen LogP contribution in [0.2, 0.25) is 0 Å². The van der Waals surface area contributed by atoms with Gasteiger partial charge in [-0.25, -0.2) is 9.86 Å². The van der Waals surface area contributed by atoms with E-state index < -0.39 is 0 Å². The minimum atomic E-state index is -0.186. The van der Waals surface area contributed by atoms with Gasteiger partial charge in [-0.05, 0) is 25.6 Å². The van der Waals surface area contributed by atoms with E-state index in [1.165, 1.54) is 5.06 Å². The number of likely N-dealkylation sites (N-methyl/N-ethyl adjacent to an activating group) is 1. The number of hydrogen-bond acceptors (Lipinski definition) is 4. The van der Waals surface area contributed by atoms with Gasteiger partial charge < -0.3 is 15.1 Å². The first kappa shape index (κ1) is 14.2. The summed E-state index contributed by atoms with van der Waals surface area (Å²) in [5.74, 6) is 0. The summed E-state index contributed by atoms with van der Waals surface area (Å²) in [7, 11) is 2.13. The number of urea groups is 1. The van der Waals surface area contributed by atoms with Gasteiger partial charge in [0.25, 0.3) is 0 Å². The molecule has 2 aliphatic heterocycles. The number of hydrogen-bond donors (Lipinski definition) is 1. The molecule has 2 fully saturated rings. The van der Waals surface area contributed by atoms with E-state index in [0.29, 0.717) is 13.2 Å². The number of carbonyl (C=O) groups excluding carboxylic acids is 1. The normalized spacial score (nSPS) is 19.9. The molecule has 114 valence electrons. The summed E-state index contributed by atoms with van der Waals surface area (Å²) < 4.78 is 0. The van der Waals surface area contributed by atoms with Crippen molar-refractivity contribution in [2.24, 2.45) is 0 Å². The molecule has 0 saturated carbocycles. The van der Waals surface area contributed by atoms with Crippen molar-refractivity contribution in [3.63, 3.8) is 0 Å². The standard InChI is InChI=1S/C15H22N4O2/c1-17-8-10-18(11-9-17)14-6-3-2-5-13(14)16-15(20)19-7-4-12-21-19/h2-3,5-6H,4,7-12H2,1H3,(H,16,20). The molecule has 6 heteroatoms. The average Bonchev–Trinajstić information content (AvgIpc) is 3.03. The molecule has 1 aromatic carbocycles. The van der Waals surface area contributed by atoms with Crippen molar-refractivity contribution in [3.8, 4) is 0 Å². The van der Waals surface area contributed by atoms with Crippen molar-refractivity contribution in [3.05, 3.63) is 24.3 Å². The second-order valence-corrected chi connectivity index (χ2v) is 5.53. The molecule has 1 aromatic rings. The maximum atomic E-state index is 12.2. The Morgan fingerprint density at radius 3 is 2.62 bits per heavy atom. The third-order valence-electron chi connectivity index (χ3n) is 3.97. The van der Waals surface area contributed by atoms with E-state index in [0.717, 1.165) is 44.0 Å². The highest BCUT2D eigenvalue weighted by molar-refractivity contribution is 5.92. The Morgan fingerprint density at radius 1 is 1.14 bits per heavy atom. The van der Waals surface area contributed by atoms with Crippen LogP contribution in [0, 0.1) is 0 Å². The highest BCUT2D eigenvalue weighted by Gasteiger charge is 2.22. The third kappa shape index (κ3) is 3.28. The zero-order valence-corrected chi connectivity index (χ0v) is 12.4. The zero-order valence-electron chi connectivity index (χ0n) is 12.4. The molecule has 2 heterocycles. The number of nitrogens with one attached hydrogen (secondary N) is 1. The van der Waals surface area contributed by atoms with Crippen molar-refractivity contribution in [2.45, 2.75) is 6.42 Å². The van der Waals surface area contributed by atoms with Crippen molar-refractivity contribution in [1.29, 1.82) is 0 Å². The number of amides is 2. The van der Waals surface area contributed by atoms with Crippen molar-refractivity contribution >= 4 is 17.4 Å². The van der Waals surface area contributed by atoms with Gasteiger partial charge in [-0.1, -0.05) is 12.1 Å². The number of benzene rings is 1. The molecular formula is C15H22N4O2. The molecule has 0 spiro atoms. The second-order valence-electron chi connectivity index (χ2n) is 5.53. The first-order valence-electron chi connectivity index (χ1n) is 7.48. The Balaban J connectivity index is 1.71. The van der Waals surface area contributed by atoms with Crippen LogP contribution in [-0.4, -0.2) is 62.4 Å². The highest BCUT2D eigenvalue weighted by atomic mass is 16.7. The molecule has 0 unspecified atom stereocenters. The van der Waals surface area contributed by atoms with Crippen molar-refractivity contribution in [2.75, 3.05) is 56.6 Å². The smallest absolute Gasteiger partial charge is 0.345 e. The summed E-state index contributed by atoms with van der Waals surface area (Å²) >= 11 is 0. The number of para-hydroxylation sites is 2. The molecule has 2 saturated heterocycles. The molecule has 0 bridgehead atoms. The third-order valence-corrected chi connectivity index (χ3v) is 3.97. The van der Waals surface area contributed by atoms with Gasteiger partial charge in [0, 0.05) is 26.2 Å². The van der Waals surface area contributed by atoms with E-state index in [9.17, 15) is 4.79 Å². The maximum absolute atomic E-state index is 12.2. The molecule has 0 radical (unpaired) electrons. The summed E-state index contributed by atoms with van der Waals surface area (Å²) in [5.41, 5.74) is 1.93. The Morgan fingerprint density at radius 2 is 1.90 bits per heavy atom. The van der Waals surface area contributed by atoms with Gasteiger partial charge in [0.15, 0.2) is 0 Å². The number of rotatable bonds is 2. The predicted octanol–water partition coefficient (Wildman–Crippen LogP) is 1.61. The number of piperazine rings is 1. The Labute approximate surface area is 125 Å². The molecule has 6 nitrogen and oxygen atoms in total. The average molecular weight is 290 g/mol. The Hall–Kier alpha value is -1.79. The lowest BCUT2D eigenvalue weighted by Crippen LogP contribution is -2.44. The summed E-state index contributed by atoms with van der Waals surface area (Å²) in [6.45, 7) is 5.30. The second kappa shape index (κ2) is 6.32. The summed E-state index contributed by atoms with van der Waals surface area (Å²) in [6, 6.07) is 7.78. The summed E-state index contributed by atoms with van der Waals surface area (Å²) in [6.07, 6.45) is 0.896. The molecule has 0 atom stereocenters. The molecule has 21 heavy (non-hydrogen) atoms. The van der Waals surface area contributed by atoms with Gasteiger partial charge >= 0.3 is 6.03 Å². The number of nitrogens with zero attached hydrogens (tertiary/aromatic N) is 3. The van der Waals surface area contributed by atoms with Gasteiger partial charge in [-0.15, -0.1) is 0 Å². The zero-order chi connectivity index (χ0) is 14.7. The topological polar surface area (TPSA) is 48.0 Å². The molecule has 2 amide bonds. The van der Waals surface area contributed by atoms with E-state index in [4.69, 9.17) is 4.84 Å². The lowest BCUT2D eigenvalue weighted by Gasteiger charge is -2.35. The van der Waals surface area contributed by atoms with Crippen LogP contribution in [-0.2, 0) is 4.84 Å². The van der Waals surface area contributed by atoms with E-state index in [1.807, 2.05) is 18.2 Å². The van der Waals surface area contributed by atoms with Crippen LogP contribution in [0.25, 0.3) is 0 Å². The maximum Gasteiger partial charge on any atom is 0.345 e. The largest absolute Gasteiger partial charge is 0.367 e. The van der Waals surface area contributed by atoms with Crippen LogP contribution >= 0.6 is 0 Å². The first-order chi connectivity index (χ1) is 10.2. The van der Waals surface area contributed by atoms with E-state index in [-0.39, 0.29) is 6.03 Å². The molecule has 0 aliphatic carbocycles. The SMILES string of the molecule is CN1CCN(c2ccccc2NC(=O)N2CCCO2)CC1. The predicted molar refractivity (Wildman–Crippen MR) is 82.4 cm³/mol. The van der Waals surface area contributed by atoms with E-state index in [1.54, 1.807) is 0 Å². The minimum absolute atomic E-state index is 0.186. The van der Waals surface area contributed by atoms with Gasteiger partial charge in [-0.2, -0.15) is 0 Å². The molecule has 0 aromatic heterocycles. The fourth-order valence-electron chi connectivity index (χ4n) is 2.69. The molecule has 3 rings (SSSR count). The number of hydroxylamine groups is 2. The molecule has 1 N–H and O–H groups in total. The van der Waals surface area contributed by atoms with Crippen LogP contribution in [0.15, 0.2) is 24.3 Å². The summed E-state index contributed by atoms with van der Waals surface area (Å²) in [4.78, 5) is 22.1. The van der Waals surface area contributed by atoms with Crippen LogP contribution < -0.4 is 10.2 Å². The van der Waals surface area contributed by atoms with Crippen LogP contribution in [0.5, 0.6) is 0 Å².